The fraction of sp³-hybridized carbons (Fsp3) is 0. The van der Waals surface area contributed by atoms with Gasteiger partial charge < -0.3 is 5.32 Å². The molecule has 7 heteroatoms. The van der Waals surface area contributed by atoms with E-state index in [-0.39, 0.29) is 10.8 Å². The van der Waals surface area contributed by atoms with Gasteiger partial charge in [-0.2, -0.15) is 0 Å². The van der Waals surface area contributed by atoms with Gasteiger partial charge >= 0.3 is 0 Å². The van der Waals surface area contributed by atoms with Crippen LogP contribution in [-0.4, -0.2) is 14.3 Å². The highest BCUT2D eigenvalue weighted by molar-refractivity contribution is 7.89. The standard InChI is InChI=1S/C13H10N2O3S2/c14-20(17,18)9-3-4-12-10(7-9)11(13(16)15-12)6-8-2-1-5-19-8/h1-7H,(H,15,16)(H2,14,17,18)/b11-6-. The molecular weight excluding hydrogens is 296 g/mol. The number of thiophene rings is 1. The molecule has 1 amide bonds. The van der Waals surface area contributed by atoms with E-state index in [9.17, 15) is 13.2 Å². The average molecular weight is 306 g/mol. The van der Waals surface area contributed by atoms with E-state index < -0.39 is 10.0 Å². The summed E-state index contributed by atoms with van der Waals surface area (Å²) >= 11 is 1.50. The minimum Gasteiger partial charge on any atom is -0.321 e. The summed E-state index contributed by atoms with van der Waals surface area (Å²) in [4.78, 5) is 12.9. The van der Waals surface area contributed by atoms with Crippen LogP contribution in [0.2, 0.25) is 0 Å². The summed E-state index contributed by atoms with van der Waals surface area (Å²) in [7, 11) is -3.79. The monoisotopic (exact) mass is 306 g/mol. The van der Waals surface area contributed by atoms with Crippen molar-refractivity contribution < 1.29 is 13.2 Å². The number of nitrogens with two attached hydrogens (primary N) is 1. The number of amides is 1. The molecule has 5 nitrogen and oxygen atoms in total. The van der Waals surface area contributed by atoms with E-state index in [0.29, 0.717) is 16.8 Å². The highest BCUT2D eigenvalue weighted by Crippen LogP contribution is 2.35. The van der Waals surface area contributed by atoms with Crippen molar-refractivity contribution in [2.45, 2.75) is 4.90 Å². The van der Waals surface area contributed by atoms with Gasteiger partial charge in [-0.25, -0.2) is 13.6 Å². The lowest BCUT2D eigenvalue weighted by molar-refractivity contribution is -0.110. The topological polar surface area (TPSA) is 89.3 Å². The lowest BCUT2D eigenvalue weighted by Gasteiger charge is -2.02. The molecule has 2 aromatic rings. The number of nitrogens with one attached hydrogen (secondary N) is 1. The van der Waals surface area contributed by atoms with Crippen molar-refractivity contribution >= 4 is 44.6 Å². The van der Waals surface area contributed by atoms with Crippen LogP contribution in [0.5, 0.6) is 0 Å². The molecule has 2 heterocycles. The number of anilines is 1. The summed E-state index contributed by atoms with van der Waals surface area (Å²) in [5, 5.41) is 9.72. The van der Waals surface area contributed by atoms with Gasteiger partial charge in [-0.15, -0.1) is 11.3 Å². The maximum atomic E-state index is 12.0. The van der Waals surface area contributed by atoms with Crippen LogP contribution in [0.1, 0.15) is 10.4 Å². The SMILES string of the molecule is NS(=O)(=O)c1ccc2c(c1)/C(=C/c1cccs1)C(=O)N2. The van der Waals surface area contributed by atoms with E-state index in [0.717, 1.165) is 4.88 Å². The fourth-order valence-electron chi connectivity index (χ4n) is 2.00. The Labute approximate surface area is 119 Å². The number of hydrogen-bond acceptors (Lipinski definition) is 4. The zero-order chi connectivity index (χ0) is 14.3. The third-order valence-electron chi connectivity index (χ3n) is 2.93. The van der Waals surface area contributed by atoms with Crippen molar-refractivity contribution in [2.75, 3.05) is 5.32 Å². The van der Waals surface area contributed by atoms with E-state index in [1.54, 1.807) is 12.1 Å². The van der Waals surface area contributed by atoms with Gasteiger partial charge in [0.25, 0.3) is 5.91 Å². The normalized spacial score (nSPS) is 16.2. The Bertz CT molecular complexity index is 821. The Hall–Kier alpha value is -1.96. The first-order chi connectivity index (χ1) is 9.45. The van der Waals surface area contributed by atoms with E-state index in [2.05, 4.69) is 5.32 Å². The largest absolute Gasteiger partial charge is 0.321 e. The third kappa shape index (κ3) is 2.26. The number of primary sulfonamides is 1. The van der Waals surface area contributed by atoms with Gasteiger partial charge in [-0.1, -0.05) is 6.07 Å². The van der Waals surface area contributed by atoms with E-state index in [4.69, 9.17) is 5.14 Å². The highest BCUT2D eigenvalue weighted by atomic mass is 32.2. The van der Waals surface area contributed by atoms with Crippen LogP contribution in [0.3, 0.4) is 0 Å². The van der Waals surface area contributed by atoms with Gasteiger partial charge in [-0.05, 0) is 35.7 Å². The summed E-state index contributed by atoms with van der Waals surface area (Å²) in [6, 6.07) is 8.10. The molecule has 1 aliphatic rings. The highest BCUT2D eigenvalue weighted by Gasteiger charge is 2.25. The molecule has 0 unspecified atom stereocenters. The Kier molecular flexibility index (Phi) is 2.97. The molecule has 1 aromatic carbocycles. The Morgan fingerprint density at radius 2 is 2.05 bits per heavy atom. The number of hydrogen-bond donors (Lipinski definition) is 2. The molecule has 0 bridgehead atoms. The molecule has 3 rings (SSSR count). The molecule has 0 atom stereocenters. The third-order valence-corrected chi connectivity index (χ3v) is 4.66. The second-order valence-corrected chi connectivity index (χ2v) is 6.82. The maximum Gasteiger partial charge on any atom is 0.256 e. The minimum atomic E-state index is -3.79. The summed E-state index contributed by atoms with van der Waals surface area (Å²) in [5.74, 6) is -0.250. The maximum absolute atomic E-state index is 12.0. The first-order valence-corrected chi connectivity index (χ1v) is 8.11. The number of sulfonamides is 1. The van der Waals surface area contributed by atoms with Crippen molar-refractivity contribution in [1.29, 1.82) is 0 Å². The summed E-state index contributed by atoms with van der Waals surface area (Å²) < 4.78 is 22.8. The Morgan fingerprint density at radius 3 is 2.70 bits per heavy atom. The van der Waals surface area contributed by atoms with Crippen LogP contribution < -0.4 is 10.5 Å². The van der Waals surface area contributed by atoms with Crippen LogP contribution in [-0.2, 0) is 14.8 Å². The second kappa shape index (κ2) is 4.55. The van der Waals surface area contributed by atoms with E-state index in [1.165, 1.54) is 23.5 Å². The lowest BCUT2D eigenvalue weighted by Crippen LogP contribution is -2.12. The average Bonchev–Trinajstić information content (AvgIpc) is 2.97. The molecule has 1 aromatic heterocycles. The molecule has 102 valence electrons. The molecule has 20 heavy (non-hydrogen) atoms. The molecular formula is C13H10N2O3S2. The summed E-state index contributed by atoms with van der Waals surface area (Å²) in [6.07, 6.45) is 1.73. The predicted molar refractivity (Wildman–Crippen MR) is 78.6 cm³/mol. The first kappa shape index (κ1) is 13.0. The zero-order valence-corrected chi connectivity index (χ0v) is 11.8. The zero-order valence-electron chi connectivity index (χ0n) is 10.2. The van der Waals surface area contributed by atoms with Gasteiger partial charge in [-0.3, -0.25) is 4.79 Å². The first-order valence-electron chi connectivity index (χ1n) is 5.69. The number of rotatable bonds is 2. The van der Waals surface area contributed by atoms with Crippen molar-refractivity contribution in [2.24, 2.45) is 5.14 Å². The van der Waals surface area contributed by atoms with Gasteiger partial charge in [0.15, 0.2) is 0 Å². The number of carbonyl (C=O) groups excluding carboxylic acids is 1. The van der Waals surface area contributed by atoms with Crippen LogP contribution in [0, 0.1) is 0 Å². The minimum absolute atomic E-state index is 0.00942. The van der Waals surface area contributed by atoms with Crippen LogP contribution in [0.4, 0.5) is 5.69 Å². The van der Waals surface area contributed by atoms with Gasteiger partial charge in [0, 0.05) is 16.1 Å². The summed E-state index contributed by atoms with van der Waals surface area (Å²) in [5.41, 5.74) is 1.58. The van der Waals surface area contributed by atoms with Crippen molar-refractivity contribution in [3.8, 4) is 0 Å². The Morgan fingerprint density at radius 1 is 1.25 bits per heavy atom. The van der Waals surface area contributed by atoms with Gasteiger partial charge in [0.2, 0.25) is 10.0 Å². The number of fused-ring (bicyclic) bond motifs is 1. The predicted octanol–water partition coefficient (Wildman–Crippen LogP) is 1.89. The molecule has 0 fully saturated rings. The van der Waals surface area contributed by atoms with Crippen LogP contribution >= 0.6 is 11.3 Å². The second-order valence-electron chi connectivity index (χ2n) is 4.28. The Balaban J connectivity index is 2.16. The molecule has 0 saturated carbocycles. The quantitative estimate of drug-likeness (QED) is 0.830. The van der Waals surface area contributed by atoms with Crippen LogP contribution in [0.25, 0.3) is 11.6 Å². The molecule has 0 saturated heterocycles. The smallest absolute Gasteiger partial charge is 0.256 e. The van der Waals surface area contributed by atoms with E-state index >= 15 is 0 Å². The van der Waals surface area contributed by atoms with Gasteiger partial charge in [0.1, 0.15) is 0 Å². The molecule has 0 radical (unpaired) electrons. The number of benzene rings is 1. The van der Waals surface area contributed by atoms with Crippen molar-refractivity contribution in [3.63, 3.8) is 0 Å². The summed E-state index contributed by atoms with van der Waals surface area (Å²) in [6.45, 7) is 0. The number of carbonyl (C=O) groups is 1. The van der Waals surface area contributed by atoms with E-state index in [1.807, 2.05) is 17.5 Å². The molecule has 0 aliphatic carbocycles. The fourth-order valence-corrected chi connectivity index (χ4v) is 3.20. The van der Waals surface area contributed by atoms with Crippen molar-refractivity contribution in [1.82, 2.24) is 0 Å². The van der Waals surface area contributed by atoms with Gasteiger partial charge in [0.05, 0.1) is 10.5 Å². The van der Waals surface area contributed by atoms with Crippen LogP contribution in [0.15, 0.2) is 40.6 Å². The lowest BCUT2D eigenvalue weighted by atomic mass is 10.1. The molecule has 3 N–H and O–H groups in total. The molecule has 0 spiro atoms. The van der Waals surface area contributed by atoms with Crippen molar-refractivity contribution in [3.05, 3.63) is 46.2 Å². The molecule has 1 aliphatic heterocycles.